The average molecular weight is 210 g/mol. The Kier molecular flexibility index (Phi) is 2.26. The summed E-state index contributed by atoms with van der Waals surface area (Å²) >= 11 is 0. The van der Waals surface area contributed by atoms with Gasteiger partial charge in [-0.3, -0.25) is 0 Å². The first-order chi connectivity index (χ1) is 7.86. The van der Waals surface area contributed by atoms with Crippen molar-refractivity contribution in [3.8, 4) is 0 Å². The van der Waals surface area contributed by atoms with E-state index in [4.69, 9.17) is 0 Å². The van der Waals surface area contributed by atoms with E-state index < -0.39 is 0 Å². The van der Waals surface area contributed by atoms with Crippen molar-refractivity contribution in [3.05, 3.63) is 46.8 Å². The number of fused-ring (bicyclic) bond motifs is 2. The first kappa shape index (κ1) is 9.61. The highest BCUT2D eigenvalue weighted by Gasteiger charge is 2.06. The monoisotopic (exact) mass is 210 g/mol. The average Bonchev–Trinajstić information content (AvgIpc) is 2.35. The zero-order valence-corrected chi connectivity index (χ0v) is 9.06. The van der Waals surface area contributed by atoms with Crippen molar-refractivity contribution in [2.45, 2.75) is 6.42 Å². The summed E-state index contributed by atoms with van der Waals surface area (Å²) in [5, 5.41) is 14.3. The maximum atomic E-state index is 9.18. The van der Waals surface area contributed by atoms with Crippen LogP contribution in [0.3, 0.4) is 0 Å². The molecule has 0 bridgehead atoms. The molecule has 1 aliphatic carbocycles. The van der Waals surface area contributed by atoms with E-state index in [1.165, 1.54) is 21.2 Å². The minimum absolute atomic E-state index is 0.239. The minimum atomic E-state index is 0.239. The summed E-state index contributed by atoms with van der Waals surface area (Å²) in [5.41, 5.74) is 0. The number of benzene rings is 2. The van der Waals surface area contributed by atoms with Gasteiger partial charge in [0.2, 0.25) is 0 Å². The molecular weight excluding hydrogens is 196 g/mol. The number of hydrogen-bond donors (Lipinski definition) is 1. The Morgan fingerprint density at radius 1 is 1.06 bits per heavy atom. The molecule has 0 heterocycles. The molecule has 0 amide bonds. The van der Waals surface area contributed by atoms with Crippen LogP contribution in [0.15, 0.2) is 36.4 Å². The lowest BCUT2D eigenvalue weighted by atomic mass is 9.96. The molecule has 1 unspecified atom stereocenters. The molecule has 1 N–H and O–H groups in total. The Hall–Kier alpha value is -1.60. The molecule has 2 aromatic rings. The van der Waals surface area contributed by atoms with Crippen molar-refractivity contribution >= 4 is 22.9 Å². The van der Waals surface area contributed by atoms with Gasteiger partial charge in [0.25, 0.3) is 0 Å². The van der Waals surface area contributed by atoms with E-state index in [2.05, 4.69) is 48.6 Å². The highest BCUT2D eigenvalue weighted by molar-refractivity contribution is 5.83. The van der Waals surface area contributed by atoms with Gasteiger partial charge in [-0.2, -0.15) is 0 Å². The lowest BCUT2D eigenvalue weighted by molar-refractivity contribution is 0.262. The zero-order chi connectivity index (χ0) is 11.0. The van der Waals surface area contributed by atoms with Gasteiger partial charge >= 0.3 is 0 Å². The van der Waals surface area contributed by atoms with Gasteiger partial charge in [-0.1, -0.05) is 36.4 Å². The van der Waals surface area contributed by atoms with Gasteiger partial charge < -0.3 is 5.11 Å². The van der Waals surface area contributed by atoms with Gasteiger partial charge in [0.15, 0.2) is 0 Å². The molecule has 2 aromatic carbocycles. The highest BCUT2D eigenvalue weighted by atomic mass is 16.3. The second-order valence-electron chi connectivity index (χ2n) is 4.38. The van der Waals surface area contributed by atoms with Crippen LogP contribution in [0.25, 0.3) is 22.9 Å². The molecule has 1 aliphatic rings. The first-order valence-electron chi connectivity index (χ1n) is 5.68. The van der Waals surface area contributed by atoms with Crippen molar-refractivity contribution in [2.75, 3.05) is 6.61 Å². The fraction of sp³-hybridized carbons (Fsp3) is 0.200. The van der Waals surface area contributed by atoms with Crippen molar-refractivity contribution in [1.29, 1.82) is 0 Å². The van der Waals surface area contributed by atoms with E-state index >= 15 is 0 Å². The predicted molar refractivity (Wildman–Crippen MR) is 67.3 cm³/mol. The van der Waals surface area contributed by atoms with E-state index in [0.717, 1.165) is 6.42 Å². The van der Waals surface area contributed by atoms with E-state index in [-0.39, 0.29) is 12.5 Å². The van der Waals surface area contributed by atoms with Crippen LogP contribution >= 0.6 is 0 Å². The maximum absolute atomic E-state index is 9.18. The van der Waals surface area contributed by atoms with Crippen molar-refractivity contribution < 1.29 is 5.11 Å². The number of aliphatic hydroxyl groups excluding tert-OH is 1. The third-order valence-corrected chi connectivity index (χ3v) is 3.24. The third kappa shape index (κ3) is 1.54. The summed E-state index contributed by atoms with van der Waals surface area (Å²) in [6.45, 7) is 0.239. The van der Waals surface area contributed by atoms with Crippen LogP contribution < -0.4 is 10.4 Å². The largest absolute Gasteiger partial charge is 0.396 e. The van der Waals surface area contributed by atoms with Gasteiger partial charge in [-0.25, -0.2) is 0 Å². The van der Waals surface area contributed by atoms with Gasteiger partial charge in [0.1, 0.15) is 0 Å². The number of rotatable bonds is 1. The van der Waals surface area contributed by atoms with Crippen LogP contribution in [0, 0.1) is 5.92 Å². The van der Waals surface area contributed by atoms with Crippen molar-refractivity contribution in [1.82, 2.24) is 0 Å². The van der Waals surface area contributed by atoms with E-state index in [1.807, 2.05) is 0 Å². The quantitative estimate of drug-likeness (QED) is 0.754. The molecule has 0 spiro atoms. The zero-order valence-electron chi connectivity index (χ0n) is 9.06. The molecule has 0 aliphatic heterocycles. The van der Waals surface area contributed by atoms with Gasteiger partial charge in [0, 0.05) is 12.5 Å². The molecule has 1 atom stereocenters. The van der Waals surface area contributed by atoms with Crippen molar-refractivity contribution in [2.24, 2.45) is 5.92 Å². The topological polar surface area (TPSA) is 20.2 Å². The van der Waals surface area contributed by atoms with E-state index in [0.29, 0.717) is 0 Å². The van der Waals surface area contributed by atoms with Crippen LogP contribution in [0.1, 0.15) is 6.42 Å². The molecule has 0 saturated heterocycles. The summed E-state index contributed by atoms with van der Waals surface area (Å²) in [4.78, 5) is 0. The van der Waals surface area contributed by atoms with Gasteiger partial charge in [-0.05, 0) is 39.8 Å². The van der Waals surface area contributed by atoms with Crippen molar-refractivity contribution in [3.63, 3.8) is 0 Å². The lowest BCUT2D eigenvalue weighted by Gasteiger charge is -2.11. The predicted octanol–water partition coefficient (Wildman–Crippen LogP) is 1.41. The maximum Gasteiger partial charge on any atom is 0.0497 e. The molecule has 0 saturated carbocycles. The van der Waals surface area contributed by atoms with E-state index in [9.17, 15) is 5.11 Å². The summed E-state index contributed by atoms with van der Waals surface area (Å²) in [5.74, 6) is 0.286. The Bertz CT molecular complexity index is 640. The molecule has 0 fully saturated rings. The summed E-state index contributed by atoms with van der Waals surface area (Å²) in [6, 6.07) is 12.8. The third-order valence-electron chi connectivity index (χ3n) is 3.24. The fourth-order valence-corrected chi connectivity index (χ4v) is 2.32. The van der Waals surface area contributed by atoms with Crippen LogP contribution in [0.2, 0.25) is 0 Å². The number of aliphatic hydroxyl groups is 1. The molecule has 0 aromatic heterocycles. The Balaban J connectivity index is 2.32. The Labute approximate surface area is 94.3 Å². The smallest absolute Gasteiger partial charge is 0.0497 e. The summed E-state index contributed by atoms with van der Waals surface area (Å²) in [7, 11) is 0. The molecular formula is C15H14O. The number of hydrogen-bond acceptors (Lipinski definition) is 1. The lowest BCUT2D eigenvalue weighted by Crippen LogP contribution is -2.29. The fourth-order valence-electron chi connectivity index (χ4n) is 2.32. The summed E-state index contributed by atoms with van der Waals surface area (Å²) < 4.78 is 0. The van der Waals surface area contributed by atoms with Gasteiger partial charge in [-0.15, -0.1) is 0 Å². The second kappa shape index (κ2) is 3.76. The molecule has 1 heteroatoms. The van der Waals surface area contributed by atoms with E-state index in [1.54, 1.807) is 0 Å². The second-order valence-corrected chi connectivity index (χ2v) is 4.38. The van der Waals surface area contributed by atoms with Crippen LogP contribution in [0.5, 0.6) is 0 Å². The van der Waals surface area contributed by atoms with Crippen LogP contribution in [-0.4, -0.2) is 11.7 Å². The minimum Gasteiger partial charge on any atom is -0.396 e. The van der Waals surface area contributed by atoms with Gasteiger partial charge in [0.05, 0.1) is 0 Å². The van der Waals surface area contributed by atoms with Crippen LogP contribution in [-0.2, 0) is 0 Å². The Morgan fingerprint density at radius 2 is 1.75 bits per heavy atom. The molecule has 16 heavy (non-hydrogen) atoms. The SMILES string of the molecule is OCC1C=c2cc3ccccc3cc2=CC1. The Morgan fingerprint density at radius 3 is 2.44 bits per heavy atom. The standard InChI is InChI=1S/C15H14O/c16-10-11-5-6-14-8-12-3-1-2-4-13(12)9-15(14)7-11/h1-4,6-9,11,16H,5,10H2. The molecule has 0 radical (unpaired) electrons. The molecule has 3 rings (SSSR count). The normalized spacial score (nSPS) is 18.7. The summed E-state index contributed by atoms with van der Waals surface area (Å²) in [6.07, 6.45) is 5.35. The first-order valence-corrected chi connectivity index (χ1v) is 5.68. The van der Waals surface area contributed by atoms with Crippen LogP contribution in [0.4, 0.5) is 0 Å². The molecule has 80 valence electrons. The highest BCUT2D eigenvalue weighted by Crippen LogP contribution is 2.11. The molecule has 1 nitrogen and oxygen atoms in total.